The number of methoxy groups -OCH3 is 1. The van der Waals surface area contributed by atoms with Crippen molar-refractivity contribution in [1.29, 1.82) is 0 Å². The van der Waals surface area contributed by atoms with Gasteiger partial charge in [-0.15, -0.1) is 0 Å². The first kappa shape index (κ1) is 20.9. The number of para-hydroxylation sites is 1. The summed E-state index contributed by atoms with van der Waals surface area (Å²) in [4.78, 5) is 40.5. The highest BCUT2D eigenvalue weighted by Crippen LogP contribution is 2.28. The van der Waals surface area contributed by atoms with Crippen LogP contribution in [0, 0.1) is 5.92 Å². The molecule has 8 heteroatoms. The monoisotopic (exact) mass is 459 g/mol. The lowest BCUT2D eigenvalue weighted by Gasteiger charge is -2.21. The van der Waals surface area contributed by atoms with Crippen molar-refractivity contribution in [3.8, 4) is 5.75 Å². The second kappa shape index (κ2) is 9.09. The van der Waals surface area contributed by atoms with E-state index in [1.807, 2.05) is 24.3 Å². The summed E-state index contributed by atoms with van der Waals surface area (Å²) < 4.78 is 5.96. The fourth-order valence-corrected chi connectivity index (χ4v) is 3.64. The average Bonchev–Trinajstić information content (AvgIpc) is 3.10. The molecule has 1 unspecified atom stereocenters. The van der Waals surface area contributed by atoms with E-state index in [2.05, 4.69) is 21.2 Å². The van der Waals surface area contributed by atoms with Crippen LogP contribution in [-0.2, 0) is 14.4 Å². The van der Waals surface area contributed by atoms with Crippen molar-refractivity contribution in [2.45, 2.75) is 6.42 Å². The van der Waals surface area contributed by atoms with E-state index < -0.39 is 5.92 Å². The molecule has 1 heterocycles. The van der Waals surface area contributed by atoms with Gasteiger partial charge in [-0.3, -0.25) is 14.4 Å². The van der Waals surface area contributed by atoms with Crippen molar-refractivity contribution in [3.63, 3.8) is 0 Å². The SMILES string of the molecule is COc1cccc(N2CC(C(=O)N(C)CC(=O)Nc3ccccc3Br)CC2=O)c1. The first-order valence-electron chi connectivity index (χ1n) is 9.13. The quantitative estimate of drug-likeness (QED) is 0.719. The fourth-order valence-electron chi connectivity index (χ4n) is 3.26. The van der Waals surface area contributed by atoms with Gasteiger partial charge in [0.1, 0.15) is 5.75 Å². The first-order chi connectivity index (χ1) is 13.9. The molecular weight excluding hydrogens is 438 g/mol. The van der Waals surface area contributed by atoms with Gasteiger partial charge in [-0.05, 0) is 40.2 Å². The van der Waals surface area contributed by atoms with E-state index in [0.29, 0.717) is 17.1 Å². The molecule has 3 rings (SSSR count). The van der Waals surface area contributed by atoms with E-state index in [0.717, 1.165) is 4.47 Å². The number of likely N-dealkylation sites (N-methyl/N-ethyl adjacent to an activating group) is 1. The molecule has 3 amide bonds. The normalized spacial score (nSPS) is 15.9. The topological polar surface area (TPSA) is 79.0 Å². The van der Waals surface area contributed by atoms with Crippen molar-refractivity contribution < 1.29 is 19.1 Å². The second-order valence-electron chi connectivity index (χ2n) is 6.83. The third-order valence-electron chi connectivity index (χ3n) is 4.74. The Hall–Kier alpha value is -2.87. The smallest absolute Gasteiger partial charge is 0.244 e. The van der Waals surface area contributed by atoms with Crippen LogP contribution in [0.4, 0.5) is 11.4 Å². The number of carbonyl (C=O) groups excluding carboxylic acids is 3. The summed E-state index contributed by atoms with van der Waals surface area (Å²) in [5.74, 6) is -0.503. The third kappa shape index (κ3) is 4.95. The molecule has 0 saturated carbocycles. The number of nitrogens with one attached hydrogen (secondary N) is 1. The van der Waals surface area contributed by atoms with E-state index in [4.69, 9.17) is 4.74 Å². The molecule has 7 nitrogen and oxygen atoms in total. The first-order valence-corrected chi connectivity index (χ1v) is 9.92. The van der Waals surface area contributed by atoms with Crippen LogP contribution in [0.1, 0.15) is 6.42 Å². The Labute approximate surface area is 177 Å². The van der Waals surface area contributed by atoms with Crippen LogP contribution in [0.15, 0.2) is 53.0 Å². The summed E-state index contributed by atoms with van der Waals surface area (Å²) in [6.45, 7) is 0.186. The molecule has 1 atom stereocenters. The lowest BCUT2D eigenvalue weighted by Crippen LogP contribution is -2.39. The third-order valence-corrected chi connectivity index (χ3v) is 5.44. The Morgan fingerprint density at radius 3 is 2.72 bits per heavy atom. The van der Waals surface area contributed by atoms with Crippen LogP contribution in [0.3, 0.4) is 0 Å². The Morgan fingerprint density at radius 1 is 1.24 bits per heavy atom. The van der Waals surface area contributed by atoms with Gasteiger partial charge in [0.15, 0.2) is 0 Å². The molecule has 1 fully saturated rings. The summed E-state index contributed by atoms with van der Waals surface area (Å²) in [7, 11) is 3.13. The minimum Gasteiger partial charge on any atom is -0.497 e. The minimum atomic E-state index is -0.491. The van der Waals surface area contributed by atoms with Gasteiger partial charge in [0, 0.05) is 36.2 Å². The van der Waals surface area contributed by atoms with Crippen LogP contribution in [0.25, 0.3) is 0 Å². The number of amides is 3. The van der Waals surface area contributed by atoms with Gasteiger partial charge in [0.2, 0.25) is 17.7 Å². The molecule has 0 aromatic heterocycles. The Balaban J connectivity index is 1.60. The summed E-state index contributed by atoms with van der Waals surface area (Å²) in [6, 6.07) is 14.4. The van der Waals surface area contributed by atoms with Crippen molar-refractivity contribution in [1.82, 2.24) is 4.90 Å². The molecule has 2 aromatic carbocycles. The predicted molar refractivity (Wildman–Crippen MR) is 114 cm³/mol. The maximum absolute atomic E-state index is 12.8. The molecule has 152 valence electrons. The molecule has 0 aliphatic carbocycles. The van der Waals surface area contributed by atoms with Crippen LogP contribution in [-0.4, -0.2) is 49.9 Å². The molecule has 2 aromatic rings. The van der Waals surface area contributed by atoms with Crippen LogP contribution in [0.2, 0.25) is 0 Å². The Morgan fingerprint density at radius 2 is 2.00 bits per heavy atom. The maximum atomic E-state index is 12.8. The zero-order valence-corrected chi connectivity index (χ0v) is 17.8. The highest BCUT2D eigenvalue weighted by Gasteiger charge is 2.36. The van der Waals surface area contributed by atoms with E-state index in [-0.39, 0.29) is 37.2 Å². The summed E-state index contributed by atoms with van der Waals surface area (Å²) >= 11 is 3.37. The largest absolute Gasteiger partial charge is 0.497 e. The van der Waals surface area contributed by atoms with E-state index in [1.165, 1.54) is 4.90 Å². The molecule has 1 aliphatic heterocycles. The molecule has 0 radical (unpaired) electrons. The molecule has 0 bridgehead atoms. The van der Waals surface area contributed by atoms with Crippen molar-refractivity contribution in [3.05, 3.63) is 53.0 Å². The minimum absolute atomic E-state index is 0.0932. The highest BCUT2D eigenvalue weighted by molar-refractivity contribution is 9.10. The highest BCUT2D eigenvalue weighted by atomic mass is 79.9. The van der Waals surface area contributed by atoms with Gasteiger partial charge in [-0.25, -0.2) is 0 Å². The Bertz CT molecular complexity index is 934. The molecular formula is C21H22BrN3O4. The molecule has 29 heavy (non-hydrogen) atoms. The second-order valence-corrected chi connectivity index (χ2v) is 7.68. The number of carbonyl (C=O) groups is 3. The maximum Gasteiger partial charge on any atom is 0.244 e. The molecule has 1 N–H and O–H groups in total. The van der Waals surface area contributed by atoms with Crippen LogP contribution in [0.5, 0.6) is 5.75 Å². The fraction of sp³-hybridized carbons (Fsp3) is 0.286. The van der Waals surface area contributed by atoms with Crippen LogP contribution < -0.4 is 15.0 Å². The van der Waals surface area contributed by atoms with Gasteiger partial charge in [-0.2, -0.15) is 0 Å². The lowest BCUT2D eigenvalue weighted by atomic mass is 10.1. The van der Waals surface area contributed by atoms with Gasteiger partial charge < -0.3 is 19.9 Å². The number of nitrogens with zero attached hydrogens (tertiary/aromatic N) is 2. The van der Waals surface area contributed by atoms with Gasteiger partial charge in [-0.1, -0.05) is 18.2 Å². The van der Waals surface area contributed by atoms with Crippen molar-refractivity contribution >= 4 is 45.0 Å². The number of ether oxygens (including phenoxy) is 1. The average molecular weight is 460 g/mol. The summed E-state index contributed by atoms with van der Waals surface area (Å²) in [5, 5.41) is 2.77. The number of rotatable bonds is 6. The lowest BCUT2D eigenvalue weighted by molar-refractivity contribution is -0.137. The number of hydrogen-bond acceptors (Lipinski definition) is 4. The van der Waals surface area contributed by atoms with Crippen molar-refractivity contribution in [2.75, 3.05) is 37.5 Å². The number of hydrogen-bond donors (Lipinski definition) is 1. The van der Waals surface area contributed by atoms with Gasteiger partial charge >= 0.3 is 0 Å². The zero-order valence-electron chi connectivity index (χ0n) is 16.2. The van der Waals surface area contributed by atoms with E-state index >= 15 is 0 Å². The predicted octanol–water partition coefficient (Wildman–Crippen LogP) is 2.91. The Kier molecular flexibility index (Phi) is 6.53. The zero-order chi connectivity index (χ0) is 21.0. The number of halogens is 1. The molecule has 1 aliphatic rings. The molecule has 0 spiro atoms. The van der Waals surface area contributed by atoms with Crippen molar-refractivity contribution in [2.24, 2.45) is 5.92 Å². The van der Waals surface area contributed by atoms with E-state index in [9.17, 15) is 14.4 Å². The summed E-state index contributed by atoms with van der Waals surface area (Å²) in [6.07, 6.45) is 0.117. The van der Waals surface area contributed by atoms with E-state index in [1.54, 1.807) is 43.3 Å². The summed E-state index contributed by atoms with van der Waals surface area (Å²) in [5.41, 5.74) is 1.33. The van der Waals surface area contributed by atoms with Crippen LogP contribution >= 0.6 is 15.9 Å². The standard InChI is InChI=1S/C21H22BrN3O4/c1-24(13-19(26)23-18-9-4-3-8-17(18)22)21(28)14-10-20(27)25(12-14)15-6-5-7-16(11-15)29-2/h3-9,11,14H,10,12-13H2,1-2H3,(H,23,26). The van der Waals surface area contributed by atoms with Gasteiger partial charge in [0.25, 0.3) is 0 Å². The van der Waals surface area contributed by atoms with Gasteiger partial charge in [0.05, 0.1) is 25.3 Å². The number of anilines is 2. The molecule has 1 saturated heterocycles. The number of benzene rings is 2.